The highest BCUT2D eigenvalue weighted by molar-refractivity contribution is 7.14. The molecule has 2 amide bonds. The van der Waals surface area contributed by atoms with Gasteiger partial charge in [0.05, 0.1) is 12.0 Å². The van der Waals surface area contributed by atoms with E-state index < -0.39 is 5.82 Å². The van der Waals surface area contributed by atoms with Crippen molar-refractivity contribution in [2.24, 2.45) is 0 Å². The number of anilines is 2. The van der Waals surface area contributed by atoms with Gasteiger partial charge >= 0.3 is 0 Å². The smallest absolute Gasteiger partial charge is 0.257 e. The molecule has 0 spiro atoms. The van der Waals surface area contributed by atoms with Crippen molar-refractivity contribution in [2.75, 3.05) is 10.6 Å². The lowest BCUT2D eigenvalue weighted by molar-refractivity contribution is -0.116. The molecule has 1 aromatic carbocycles. The predicted molar refractivity (Wildman–Crippen MR) is 113 cm³/mol. The van der Waals surface area contributed by atoms with E-state index in [2.05, 4.69) is 20.6 Å². The molecule has 0 aliphatic carbocycles. The van der Waals surface area contributed by atoms with Crippen LogP contribution in [0.4, 0.5) is 14.7 Å². The van der Waals surface area contributed by atoms with Gasteiger partial charge in [-0.3, -0.25) is 14.9 Å². The third kappa shape index (κ3) is 4.97. The first-order valence-corrected chi connectivity index (χ1v) is 10.6. The van der Waals surface area contributed by atoms with Crippen LogP contribution >= 0.6 is 22.7 Å². The summed E-state index contributed by atoms with van der Waals surface area (Å²) < 4.78 is 18.2. The van der Waals surface area contributed by atoms with Crippen LogP contribution in [0.3, 0.4) is 0 Å². The number of benzene rings is 1. The van der Waals surface area contributed by atoms with E-state index in [-0.39, 0.29) is 18.2 Å². The van der Waals surface area contributed by atoms with Crippen molar-refractivity contribution in [3.8, 4) is 11.5 Å². The molecule has 4 rings (SSSR count). The highest BCUT2D eigenvalue weighted by Gasteiger charge is 2.12. The summed E-state index contributed by atoms with van der Waals surface area (Å²) in [6, 6.07) is 8.83. The van der Waals surface area contributed by atoms with Crippen molar-refractivity contribution in [2.45, 2.75) is 12.8 Å². The van der Waals surface area contributed by atoms with E-state index in [1.54, 1.807) is 23.8 Å². The van der Waals surface area contributed by atoms with E-state index in [1.807, 2.05) is 5.38 Å². The Morgan fingerprint density at radius 1 is 1.00 bits per heavy atom. The molecule has 0 aliphatic heterocycles. The average molecular weight is 442 g/mol. The minimum atomic E-state index is -0.406. The normalized spacial score (nSPS) is 10.7. The second kappa shape index (κ2) is 8.97. The zero-order valence-electron chi connectivity index (χ0n) is 15.4. The second-order valence-electron chi connectivity index (χ2n) is 6.17. The fourth-order valence-electron chi connectivity index (χ4n) is 2.54. The molecule has 4 aromatic rings. The summed E-state index contributed by atoms with van der Waals surface area (Å²) in [5, 5.41) is 9.94. The van der Waals surface area contributed by atoms with Crippen LogP contribution < -0.4 is 10.6 Å². The van der Waals surface area contributed by atoms with Crippen LogP contribution in [0.15, 0.2) is 57.8 Å². The molecule has 3 aromatic heterocycles. The van der Waals surface area contributed by atoms with Gasteiger partial charge in [-0.1, -0.05) is 0 Å². The van der Waals surface area contributed by atoms with E-state index in [4.69, 9.17) is 4.42 Å². The molecule has 7 nitrogen and oxygen atoms in total. The number of rotatable bonds is 7. The number of hydrogen-bond acceptors (Lipinski definition) is 7. The van der Waals surface area contributed by atoms with E-state index in [0.717, 1.165) is 0 Å². The predicted octanol–water partition coefficient (Wildman–Crippen LogP) is 4.82. The Bertz CT molecular complexity index is 1150. The van der Waals surface area contributed by atoms with Gasteiger partial charge in [-0.2, -0.15) is 0 Å². The van der Waals surface area contributed by atoms with Crippen LogP contribution in [-0.4, -0.2) is 21.8 Å². The number of thiazole rings is 2. The van der Waals surface area contributed by atoms with Crippen molar-refractivity contribution in [1.29, 1.82) is 0 Å². The Morgan fingerprint density at radius 3 is 2.53 bits per heavy atom. The van der Waals surface area contributed by atoms with Gasteiger partial charge < -0.3 is 9.73 Å². The fourth-order valence-corrected chi connectivity index (χ4v) is 4.00. The van der Waals surface area contributed by atoms with Crippen molar-refractivity contribution in [3.05, 3.63) is 70.5 Å². The van der Waals surface area contributed by atoms with E-state index >= 15 is 0 Å². The fraction of sp³-hybridized carbons (Fsp3) is 0.100. The number of nitrogens with zero attached hydrogens (tertiary/aromatic N) is 2. The molecule has 0 aliphatic rings. The van der Waals surface area contributed by atoms with Crippen LogP contribution in [0.1, 0.15) is 22.5 Å². The molecule has 152 valence electrons. The van der Waals surface area contributed by atoms with Gasteiger partial charge in [0.2, 0.25) is 5.91 Å². The minimum absolute atomic E-state index is 0.180. The second-order valence-corrected chi connectivity index (χ2v) is 7.88. The van der Waals surface area contributed by atoms with Gasteiger partial charge in [0.15, 0.2) is 16.0 Å². The lowest BCUT2D eigenvalue weighted by atomic mass is 10.2. The molecule has 0 radical (unpaired) electrons. The summed E-state index contributed by atoms with van der Waals surface area (Å²) in [5.41, 5.74) is 1.70. The molecule has 0 unspecified atom stereocenters. The first-order valence-electron chi connectivity index (χ1n) is 8.87. The van der Waals surface area contributed by atoms with Gasteiger partial charge in [0.1, 0.15) is 11.5 Å². The largest absolute Gasteiger partial charge is 0.463 e. The standard InChI is InChI=1S/C20H15FN4O3S2/c21-13-5-3-12(4-6-13)18(27)25-19-22-14(10-29-19)7-8-17(26)24-20-23-15(11-30-20)16-2-1-9-28-16/h1-6,9-11H,7-8H2,(H,22,25,27)(H,23,24,26). The Kier molecular flexibility index (Phi) is 5.96. The van der Waals surface area contributed by atoms with Crippen LogP contribution in [-0.2, 0) is 11.2 Å². The number of halogens is 1. The summed E-state index contributed by atoms with van der Waals surface area (Å²) >= 11 is 2.58. The SMILES string of the molecule is O=C(CCc1csc(NC(=O)c2ccc(F)cc2)n1)Nc1nc(-c2ccco2)cs1. The summed E-state index contributed by atoms with van der Waals surface area (Å²) in [7, 11) is 0. The lowest BCUT2D eigenvalue weighted by Crippen LogP contribution is -2.13. The molecule has 2 N–H and O–H groups in total. The monoisotopic (exact) mass is 442 g/mol. The molecular formula is C20H15FN4O3S2. The number of amides is 2. The third-order valence-electron chi connectivity index (χ3n) is 4.01. The number of carbonyl (C=O) groups is 2. The van der Waals surface area contributed by atoms with Crippen molar-refractivity contribution >= 4 is 44.8 Å². The van der Waals surface area contributed by atoms with E-state index in [0.29, 0.717) is 39.4 Å². The Morgan fingerprint density at radius 2 is 1.77 bits per heavy atom. The first-order chi connectivity index (χ1) is 14.6. The molecule has 0 fully saturated rings. The molecule has 30 heavy (non-hydrogen) atoms. The Labute approximate surface area is 178 Å². The van der Waals surface area contributed by atoms with E-state index in [1.165, 1.54) is 46.9 Å². The van der Waals surface area contributed by atoms with Gasteiger partial charge in [-0.15, -0.1) is 22.7 Å². The molecule has 0 atom stereocenters. The Hall–Kier alpha value is -3.37. The van der Waals surface area contributed by atoms with Gasteiger partial charge in [0, 0.05) is 22.7 Å². The van der Waals surface area contributed by atoms with Crippen LogP contribution in [0, 0.1) is 5.82 Å². The summed E-state index contributed by atoms with van der Waals surface area (Å²) in [4.78, 5) is 33.0. The van der Waals surface area contributed by atoms with Crippen molar-refractivity contribution in [3.63, 3.8) is 0 Å². The quantitative estimate of drug-likeness (QED) is 0.428. The summed E-state index contributed by atoms with van der Waals surface area (Å²) in [5.74, 6) is -0.314. The maximum absolute atomic E-state index is 13.0. The van der Waals surface area contributed by atoms with Crippen LogP contribution in [0.5, 0.6) is 0 Å². The minimum Gasteiger partial charge on any atom is -0.463 e. The summed E-state index contributed by atoms with van der Waals surface area (Å²) in [6.07, 6.45) is 2.22. The molecule has 3 heterocycles. The number of furan rings is 1. The van der Waals surface area contributed by atoms with Gasteiger partial charge in [-0.25, -0.2) is 14.4 Å². The third-order valence-corrected chi connectivity index (χ3v) is 5.58. The van der Waals surface area contributed by atoms with Gasteiger partial charge in [-0.05, 0) is 42.8 Å². The molecular weight excluding hydrogens is 427 g/mol. The maximum Gasteiger partial charge on any atom is 0.257 e. The summed E-state index contributed by atoms with van der Waals surface area (Å²) in [6.45, 7) is 0. The zero-order chi connectivity index (χ0) is 20.9. The number of nitrogens with one attached hydrogen (secondary N) is 2. The van der Waals surface area contributed by atoms with Crippen LogP contribution in [0.25, 0.3) is 11.5 Å². The number of aromatic nitrogens is 2. The average Bonchev–Trinajstić information content (AvgIpc) is 3.49. The van der Waals surface area contributed by atoms with Gasteiger partial charge in [0.25, 0.3) is 5.91 Å². The first kappa shape index (κ1) is 19.9. The number of carbonyl (C=O) groups excluding carboxylic acids is 2. The van der Waals surface area contributed by atoms with Crippen molar-refractivity contribution < 1.29 is 18.4 Å². The lowest BCUT2D eigenvalue weighted by Gasteiger charge is -2.02. The zero-order valence-corrected chi connectivity index (χ0v) is 17.1. The molecule has 0 saturated carbocycles. The molecule has 0 saturated heterocycles. The topological polar surface area (TPSA) is 97.1 Å². The Balaban J connectivity index is 1.27. The maximum atomic E-state index is 13.0. The highest BCUT2D eigenvalue weighted by Crippen LogP contribution is 2.25. The molecule has 0 bridgehead atoms. The highest BCUT2D eigenvalue weighted by atomic mass is 32.1. The van der Waals surface area contributed by atoms with Crippen molar-refractivity contribution in [1.82, 2.24) is 9.97 Å². The number of hydrogen-bond donors (Lipinski definition) is 2. The van der Waals surface area contributed by atoms with Crippen LogP contribution in [0.2, 0.25) is 0 Å². The number of aryl methyl sites for hydroxylation is 1. The molecule has 10 heteroatoms. The van der Waals surface area contributed by atoms with E-state index in [9.17, 15) is 14.0 Å².